The van der Waals surface area contributed by atoms with Crippen LogP contribution < -0.4 is 5.32 Å². The zero-order valence-electron chi connectivity index (χ0n) is 12.2. The lowest BCUT2D eigenvalue weighted by molar-refractivity contribution is 0.420. The molecule has 2 rings (SSSR count). The zero-order chi connectivity index (χ0) is 15.5. The highest BCUT2D eigenvalue weighted by Crippen LogP contribution is 2.30. The van der Waals surface area contributed by atoms with Crippen LogP contribution in [0.5, 0.6) is 0 Å². The minimum absolute atomic E-state index is 0.0843. The van der Waals surface area contributed by atoms with Gasteiger partial charge in [-0.05, 0) is 47.4 Å². The fourth-order valence-corrected chi connectivity index (χ4v) is 3.34. The van der Waals surface area contributed by atoms with Crippen molar-refractivity contribution in [2.24, 2.45) is 0 Å². The molecule has 2 aromatic rings. The molecule has 0 amide bonds. The van der Waals surface area contributed by atoms with Gasteiger partial charge in [-0.1, -0.05) is 19.1 Å². The Morgan fingerprint density at radius 1 is 1.38 bits per heavy atom. The molecule has 0 saturated carbocycles. The number of halogens is 1. The maximum absolute atomic E-state index is 11.4. The quantitative estimate of drug-likeness (QED) is 0.804. The van der Waals surface area contributed by atoms with Gasteiger partial charge in [0.2, 0.25) is 0 Å². The highest BCUT2D eigenvalue weighted by Gasteiger charge is 2.18. The molecule has 1 aromatic heterocycles. The Morgan fingerprint density at radius 3 is 2.76 bits per heavy atom. The van der Waals surface area contributed by atoms with Crippen LogP contribution in [0.2, 0.25) is 0 Å². The predicted molar refractivity (Wildman–Crippen MR) is 89.3 cm³/mol. The van der Waals surface area contributed by atoms with Crippen LogP contribution in [-0.2, 0) is 9.84 Å². The Labute approximate surface area is 134 Å². The molecule has 1 aromatic carbocycles. The second-order valence-corrected chi connectivity index (χ2v) is 8.35. The van der Waals surface area contributed by atoms with Gasteiger partial charge in [0.15, 0.2) is 0 Å². The third kappa shape index (κ3) is 4.56. The number of rotatable bonds is 7. The zero-order valence-corrected chi connectivity index (χ0v) is 14.6. The van der Waals surface area contributed by atoms with Crippen molar-refractivity contribution in [3.05, 3.63) is 34.5 Å². The first-order valence-electron chi connectivity index (χ1n) is 7.00. The molecule has 1 unspecified atom stereocenters. The Kier molecular flexibility index (Phi) is 5.46. The number of hydrogen-bond acceptors (Lipinski definition) is 4. The number of fused-ring (bicyclic) bond motifs is 1. The van der Waals surface area contributed by atoms with Crippen LogP contribution in [0.25, 0.3) is 11.0 Å². The van der Waals surface area contributed by atoms with E-state index in [4.69, 9.17) is 4.42 Å². The highest BCUT2D eigenvalue weighted by molar-refractivity contribution is 9.10. The average Bonchev–Trinajstić information content (AvgIpc) is 2.83. The van der Waals surface area contributed by atoms with Gasteiger partial charge in [-0.3, -0.25) is 0 Å². The van der Waals surface area contributed by atoms with Crippen molar-refractivity contribution in [1.82, 2.24) is 5.32 Å². The van der Waals surface area contributed by atoms with E-state index in [0.29, 0.717) is 6.42 Å². The molecule has 0 aliphatic heterocycles. The third-order valence-corrected chi connectivity index (χ3v) is 4.88. The van der Waals surface area contributed by atoms with Gasteiger partial charge in [0.05, 0.1) is 16.3 Å². The number of para-hydroxylation sites is 1. The molecule has 0 bridgehead atoms. The monoisotopic (exact) mass is 373 g/mol. The van der Waals surface area contributed by atoms with E-state index in [9.17, 15) is 8.42 Å². The fraction of sp³-hybridized carbons (Fsp3) is 0.467. The molecular weight excluding hydrogens is 354 g/mol. The molecule has 1 heterocycles. The topological polar surface area (TPSA) is 59.3 Å². The van der Waals surface area contributed by atoms with E-state index in [2.05, 4.69) is 28.2 Å². The number of sulfone groups is 1. The van der Waals surface area contributed by atoms with Gasteiger partial charge >= 0.3 is 0 Å². The van der Waals surface area contributed by atoms with E-state index in [-0.39, 0.29) is 11.8 Å². The van der Waals surface area contributed by atoms with Crippen molar-refractivity contribution in [3.8, 4) is 0 Å². The molecule has 1 atom stereocenters. The molecule has 0 aliphatic carbocycles. The molecule has 0 spiro atoms. The van der Waals surface area contributed by atoms with Crippen molar-refractivity contribution in [2.45, 2.75) is 25.8 Å². The summed E-state index contributed by atoms with van der Waals surface area (Å²) in [5.41, 5.74) is 0.801. The number of nitrogens with one attached hydrogen (secondary N) is 1. The molecule has 116 valence electrons. The second kappa shape index (κ2) is 6.94. The number of hydrogen-bond donors (Lipinski definition) is 1. The summed E-state index contributed by atoms with van der Waals surface area (Å²) in [6.07, 6.45) is 2.76. The molecule has 0 aliphatic rings. The fourth-order valence-electron chi connectivity index (χ4n) is 2.21. The summed E-state index contributed by atoms with van der Waals surface area (Å²) in [5.74, 6) is 0.932. The van der Waals surface area contributed by atoms with Gasteiger partial charge in [-0.15, -0.1) is 0 Å². The Morgan fingerprint density at radius 2 is 2.14 bits per heavy atom. The van der Waals surface area contributed by atoms with Crippen molar-refractivity contribution >= 4 is 36.7 Å². The summed E-state index contributed by atoms with van der Waals surface area (Å²) in [4.78, 5) is 0. The van der Waals surface area contributed by atoms with Crippen LogP contribution in [0.4, 0.5) is 0 Å². The maximum Gasteiger partial charge on any atom is 0.148 e. The first kappa shape index (κ1) is 16.5. The van der Waals surface area contributed by atoms with E-state index < -0.39 is 9.84 Å². The van der Waals surface area contributed by atoms with E-state index >= 15 is 0 Å². The molecule has 1 N–H and O–H groups in total. The molecule has 0 saturated heterocycles. The lowest BCUT2D eigenvalue weighted by atomic mass is 10.1. The smallest absolute Gasteiger partial charge is 0.148 e. The van der Waals surface area contributed by atoms with Crippen molar-refractivity contribution in [3.63, 3.8) is 0 Å². The first-order chi connectivity index (χ1) is 9.90. The summed E-state index contributed by atoms with van der Waals surface area (Å²) in [6.45, 7) is 2.91. The van der Waals surface area contributed by atoms with Crippen molar-refractivity contribution in [2.75, 3.05) is 18.6 Å². The largest absolute Gasteiger partial charge is 0.458 e. The van der Waals surface area contributed by atoms with Crippen LogP contribution in [0, 0.1) is 0 Å². The molecule has 21 heavy (non-hydrogen) atoms. The van der Waals surface area contributed by atoms with E-state index in [1.54, 1.807) is 0 Å². The summed E-state index contributed by atoms with van der Waals surface area (Å²) in [7, 11) is -2.98. The standard InChI is InChI=1S/C15H20BrNO3S/c1-3-8-17-13(7-9-21(2,18)19)14-10-11-5-4-6-12(16)15(11)20-14/h4-6,10,13,17H,3,7-9H2,1-2H3. The Balaban J connectivity index is 2.27. The van der Waals surface area contributed by atoms with Gasteiger partial charge in [0, 0.05) is 11.6 Å². The van der Waals surface area contributed by atoms with Gasteiger partial charge in [0.25, 0.3) is 0 Å². The average molecular weight is 374 g/mol. The third-order valence-electron chi connectivity index (χ3n) is 3.28. The van der Waals surface area contributed by atoms with Gasteiger partial charge < -0.3 is 9.73 Å². The van der Waals surface area contributed by atoms with E-state index in [1.165, 1.54) is 6.26 Å². The first-order valence-corrected chi connectivity index (χ1v) is 9.85. The van der Waals surface area contributed by atoms with Crippen LogP contribution >= 0.6 is 15.9 Å². The van der Waals surface area contributed by atoms with Gasteiger partial charge in [0.1, 0.15) is 21.2 Å². The highest BCUT2D eigenvalue weighted by atomic mass is 79.9. The molecule has 0 radical (unpaired) electrons. The summed E-state index contributed by atoms with van der Waals surface area (Å²) >= 11 is 3.47. The maximum atomic E-state index is 11.4. The van der Waals surface area contributed by atoms with Crippen LogP contribution in [0.3, 0.4) is 0 Å². The van der Waals surface area contributed by atoms with E-state index in [0.717, 1.165) is 34.2 Å². The minimum Gasteiger partial charge on any atom is -0.458 e. The summed E-state index contributed by atoms with van der Waals surface area (Å²) in [5, 5.41) is 4.38. The normalized spacial score (nSPS) is 13.7. The molecule has 0 fully saturated rings. The SMILES string of the molecule is CCCNC(CCS(C)(=O)=O)c1cc2cccc(Br)c2o1. The van der Waals surface area contributed by atoms with Crippen LogP contribution in [0.15, 0.2) is 33.2 Å². The van der Waals surface area contributed by atoms with Crippen molar-refractivity contribution < 1.29 is 12.8 Å². The summed E-state index contributed by atoms with van der Waals surface area (Å²) in [6, 6.07) is 7.77. The molecule has 6 heteroatoms. The van der Waals surface area contributed by atoms with Gasteiger partial charge in [-0.2, -0.15) is 0 Å². The van der Waals surface area contributed by atoms with Crippen molar-refractivity contribution in [1.29, 1.82) is 0 Å². The number of furan rings is 1. The van der Waals surface area contributed by atoms with Crippen LogP contribution in [-0.4, -0.2) is 27.0 Å². The van der Waals surface area contributed by atoms with Gasteiger partial charge in [-0.25, -0.2) is 8.42 Å². The molecule has 4 nitrogen and oxygen atoms in total. The Bertz CT molecular complexity index is 709. The minimum atomic E-state index is -2.98. The molecular formula is C15H20BrNO3S. The van der Waals surface area contributed by atoms with E-state index in [1.807, 2.05) is 24.3 Å². The Hall–Kier alpha value is -0.850. The lowest BCUT2D eigenvalue weighted by Gasteiger charge is -2.15. The lowest BCUT2D eigenvalue weighted by Crippen LogP contribution is -2.24. The number of benzene rings is 1. The second-order valence-electron chi connectivity index (χ2n) is 5.23. The van der Waals surface area contributed by atoms with Crippen LogP contribution in [0.1, 0.15) is 31.6 Å². The predicted octanol–water partition coefficient (Wildman–Crippen LogP) is 3.67. The summed E-state index contributed by atoms with van der Waals surface area (Å²) < 4.78 is 29.6.